The third kappa shape index (κ3) is 2.33. The SMILES string of the molecule is CCCCOc1cc(C)nc2c1c(=O)n(C)c(=O)n2C. The predicted molar refractivity (Wildman–Crippen MR) is 77.4 cm³/mol. The lowest BCUT2D eigenvalue weighted by molar-refractivity contribution is 0.312. The van der Waals surface area contributed by atoms with Gasteiger partial charge in [0.1, 0.15) is 11.1 Å². The second-order valence-corrected chi connectivity index (χ2v) is 4.87. The van der Waals surface area contributed by atoms with E-state index in [1.807, 2.05) is 6.92 Å². The van der Waals surface area contributed by atoms with Crippen molar-refractivity contribution in [3.63, 3.8) is 0 Å². The molecule has 0 amide bonds. The Hall–Kier alpha value is -2.11. The zero-order valence-electron chi connectivity index (χ0n) is 12.3. The van der Waals surface area contributed by atoms with Crippen LogP contribution in [0.15, 0.2) is 15.7 Å². The lowest BCUT2D eigenvalue weighted by Crippen LogP contribution is -2.37. The van der Waals surface area contributed by atoms with Gasteiger partial charge in [0.25, 0.3) is 5.56 Å². The van der Waals surface area contributed by atoms with Gasteiger partial charge < -0.3 is 4.74 Å². The van der Waals surface area contributed by atoms with Crippen LogP contribution in [0.5, 0.6) is 5.75 Å². The van der Waals surface area contributed by atoms with Crippen LogP contribution in [0.2, 0.25) is 0 Å². The molecule has 0 fully saturated rings. The molecule has 2 aromatic heterocycles. The molecule has 0 atom stereocenters. The first-order valence-corrected chi connectivity index (χ1v) is 6.67. The van der Waals surface area contributed by atoms with Gasteiger partial charge in [-0.25, -0.2) is 9.78 Å². The fourth-order valence-corrected chi connectivity index (χ4v) is 2.08. The molecular weight excluding hydrogens is 258 g/mol. The van der Waals surface area contributed by atoms with Crippen LogP contribution in [0.3, 0.4) is 0 Å². The highest BCUT2D eigenvalue weighted by Crippen LogP contribution is 2.21. The van der Waals surface area contributed by atoms with Gasteiger partial charge in [0.2, 0.25) is 0 Å². The molecule has 2 aromatic rings. The summed E-state index contributed by atoms with van der Waals surface area (Å²) in [5, 5.41) is 0.358. The lowest BCUT2D eigenvalue weighted by Gasteiger charge is -2.12. The van der Waals surface area contributed by atoms with Gasteiger partial charge in [-0.3, -0.25) is 13.9 Å². The molecule has 2 rings (SSSR count). The number of hydrogen-bond donors (Lipinski definition) is 0. The van der Waals surface area contributed by atoms with Crippen molar-refractivity contribution >= 4 is 11.0 Å². The van der Waals surface area contributed by atoms with Crippen molar-refractivity contribution in [3.05, 3.63) is 32.6 Å². The van der Waals surface area contributed by atoms with Crippen LogP contribution in [0.25, 0.3) is 11.0 Å². The molecule has 0 aliphatic carbocycles. The summed E-state index contributed by atoms with van der Waals surface area (Å²) in [4.78, 5) is 28.5. The van der Waals surface area contributed by atoms with E-state index in [0.29, 0.717) is 29.1 Å². The number of fused-ring (bicyclic) bond motifs is 1. The molecule has 0 saturated heterocycles. The van der Waals surface area contributed by atoms with E-state index in [1.54, 1.807) is 13.1 Å². The third-order valence-electron chi connectivity index (χ3n) is 3.26. The summed E-state index contributed by atoms with van der Waals surface area (Å²) < 4.78 is 8.15. The summed E-state index contributed by atoms with van der Waals surface area (Å²) in [6.45, 7) is 4.43. The van der Waals surface area contributed by atoms with Gasteiger partial charge in [0.05, 0.1) is 6.61 Å². The average molecular weight is 277 g/mol. The first kappa shape index (κ1) is 14.3. The number of hydrogen-bond acceptors (Lipinski definition) is 4. The molecule has 0 aliphatic heterocycles. The van der Waals surface area contributed by atoms with E-state index >= 15 is 0 Å². The Morgan fingerprint density at radius 3 is 2.60 bits per heavy atom. The molecule has 0 aliphatic rings. The highest BCUT2D eigenvalue weighted by atomic mass is 16.5. The topological polar surface area (TPSA) is 66.1 Å². The van der Waals surface area contributed by atoms with Crippen LogP contribution in [0, 0.1) is 6.92 Å². The second-order valence-electron chi connectivity index (χ2n) is 4.87. The lowest BCUT2D eigenvalue weighted by atomic mass is 10.2. The Kier molecular flexibility index (Phi) is 3.92. The van der Waals surface area contributed by atoms with Gasteiger partial charge in [0.15, 0.2) is 5.65 Å². The van der Waals surface area contributed by atoms with Crippen molar-refractivity contribution < 1.29 is 4.74 Å². The van der Waals surface area contributed by atoms with Crippen LogP contribution in [0.1, 0.15) is 25.5 Å². The summed E-state index contributed by atoms with van der Waals surface area (Å²) in [5.74, 6) is 0.497. The number of nitrogens with zero attached hydrogens (tertiary/aromatic N) is 3. The number of unbranched alkanes of at least 4 members (excludes halogenated alkanes) is 1. The number of aryl methyl sites for hydroxylation is 2. The van der Waals surface area contributed by atoms with Crippen LogP contribution < -0.4 is 16.0 Å². The Morgan fingerprint density at radius 2 is 1.95 bits per heavy atom. The standard InChI is InChI=1S/C14H19N3O3/c1-5-6-7-20-10-8-9(2)15-12-11(10)13(18)17(4)14(19)16(12)3/h8H,5-7H2,1-4H3. The second kappa shape index (κ2) is 5.48. The highest BCUT2D eigenvalue weighted by Gasteiger charge is 2.15. The van der Waals surface area contributed by atoms with E-state index in [-0.39, 0.29) is 11.2 Å². The number of rotatable bonds is 4. The molecule has 0 spiro atoms. The van der Waals surface area contributed by atoms with E-state index in [4.69, 9.17) is 4.74 Å². The first-order chi connectivity index (χ1) is 9.47. The van der Waals surface area contributed by atoms with E-state index < -0.39 is 0 Å². The maximum absolute atomic E-state index is 12.3. The van der Waals surface area contributed by atoms with Crippen molar-refractivity contribution in [2.75, 3.05) is 6.61 Å². The summed E-state index contributed by atoms with van der Waals surface area (Å²) in [6, 6.07) is 1.74. The normalized spacial score (nSPS) is 11.0. The van der Waals surface area contributed by atoms with Crippen LogP contribution >= 0.6 is 0 Å². The van der Waals surface area contributed by atoms with Crippen molar-refractivity contribution in [2.24, 2.45) is 14.1 Å². The third-order valence-corrected chi connectivity index (χ3v) is 3.26. The van der Waals surface area contributed by atoms with Gasteiger partial charge in [-0.1, -0.05) is 13.3 Å². The van der Waals surface area contributed by atoms with Crippen LogP contribution in [0.4, 0.5) is 0 Å². The van der Waals surface area contributed by atoms with E-state index in [9.17, 15) is 9.59 Å². The van der Waals surface area contributed by atoms with Crippen molar-refractivity contribution in [3.8, 4) is 5.75 Å². The Labute approximate surface area is 116 Å². The molecule has 6 nitrogen and oxygen atoms in total. The minimum absolute atomic E-state index is 0.358. The zero-order valence-corrected chi connectivity index (χ0v) is 12.3. The summed E-state index contributed by atoms with van der Waals surface area (Å²) >= 11 is 0. The average Bonchev–Trinajstić information content (AvgIpc) is 2.42. The predicted octanol–water partition coefficient (Wildman–Crippen LogP) is 1.12. The Morgan fingerprint density at radius 1 is 1.25 bits per heavy atom. The molecule has 0 radical (unpaired) electrons. The molecule has 2 heterocycles. The molecular formula is C14H19N3O3. The van der Waals surface area contributed by atoms with Gasteiger partial charge in [0, 0.05) is 25.9 Å². The molecule has 0 aromatic carbocycles. The van der Waals surface area contributed by atoms with Crippen molar-refractivity contribution in [1.29, 1.82) is 0 Å². The van der Waals surface area contributed by atoms with Gasteiger partial charge >= 0.3 is 5.69 Å². The molecule has 6 heteroatoms. The van der Waals surface area contributed by atoms with Gasteiger partial charge in [-0.05, 0) is 13.3 Å². The van der Waals surface area contributed by atoms with Crippen LogP contribution in [-0.2, 0) is 14.1 Å². The summed E-state index contributed by atoms with van der Waals surface area (Å²) in [6.07, 6.45) is 1.92. The summed E-state index contributed by atoms with van der Waals surface area (Å²) in [7, 11) is 3.06. The largest absolute Gasteiger partial charge is 0.493 e. The minimum Gasteiger partial charge on any atom is -0.493 e. The molecule has 0 unspecified atom stereocenters. The highest BCUT2D eigenvalue weighted by molar-refractivity contribution is 5.81. The fraction of sp³-hybridized carbons (Fsp3) is 0.500. The van der Waals surface area contributed by atoms with Crippen LogP contribution in [-0.4, -0.2) is 20.7 Å². The quantitative estimate of drug-likeness (QED) is 0.785. The number of aromatic nitrogens is 3. The van der Waals surface area contributed by atoms with Gasteiger partial charge in [-0.15, -0.1) is 0 Å². The van der Waals surface area contributed by atoms with E-state index in [0.717, 1.165) is 17.4 Å². The molecule has 0 saturated carbocycles. The molecule has 0 bridgehead atoms. The maximum Gasteiger partial charge on any atom is 0.332 e. The zero-order chi connectivity index (χ0) is 14.9. The van der Waals surface area contributed by atoms with Gasteiger partial charge in [-0.2, -0.15) is 0 Å². The van der Waals surface area contributed by atoms with E-state index in [1.165, 1.54) is 11.6 Å². The van der Waals surface area contributed by atoms with Crippen molar-refractivity contribution in [2.45, 2.75) is 26.7 Å². The maximum atomic E-state index is 12.3. The fourth-order valence-electron chi connectivity index (χ4n) is 2.08. The minimum atomic E-state index is -0.389. The summed E-state index contributed by atoms with van der Waals surface area (Å²) in [5.41, 5.74) is 0.319. The number of pyridine rings is 1. The first-order valence-electron chi connectivity index (χ1n) is 6.67. The smallest absolute Gasteiger partial charge is 0.332 e. The van der Waals surface area contributed by atoms with E-state index in [2.05, 4.69) is 11.9 Å². The molecule has 108 valence electrons. The van der Waals surface area contributed by atoms with Crippen molar-refractivity contribution in [1.82, 2.24) is 14.1 Å². The molecule has 0 N–H and O–H groups in total. The number of ether oxygens (including phenoxy) is 1. The Bertz CT molecular complexity index is 759. The Balaban J connectivity index is 2.75. The molecule has 20 heavy (non-hydrogen) atoms. The monoisotopic (exact) mass is 277 g/mol.